The zero-order valence-corrected chi connectivity index (χ0v) is 15.2. The van der Waals surface area contributed by atoms with Crippen molar-refractivity contribution in [1.82, 2.24) is 9.88 Å². The van der Waals surface area contributed by atoms with Crippen LogP contribution in [0.25, 0.3) is 0 Å². The van der Waals surface area contributed by atoms with Crippen molar-refractivity contribution < 1.29 is 4.79 Å². The van der Waals surface area contributed by atoms with Crippen LogP contribution in [-0.2, 0) is 6.54 Å². The first-order valence-corrected chi connectivity index (χ1v) is 9.23. The van der Waals surface area contributed by atoms with Gasteiger partial charge in [0.05, 0.1) is 11.3 Å². The first-order valence-electron chi connectivity index (χ1n) is 9.23. The standard InChI is InChI=1S/C21H27N3O/c1-3-20-9-4-5-10-24(20)21(25)18-12-19(15-22-14-18)23-13-17-8-6-7-16(2)11-17/h6-8,11-12,14-15,20,23H,3-5,9-10,13H2,1-2H3. The molecule has 1 saturated heterocycles. The highest BCUT2D eigenvalue weighted by Crippen LogP contribution is 2.22. The summed E-state index contributed by atoms with van der Waals surface area (Å²) in [4.78, 5) is 19.2. The fourth-order valence-electron chi connectivity index (χ4n) is 3.54. The highest BCUT2D eigenvalue weighted by atomic mass is 16.2. The van der Waals surface area contributed by atoms with E-state index in [-0.39, 0.29) is 5.91 Å². The number of pyridine rings is 1. The summed E-state index contributed by atoms with van der Waals surface area (Å²) in [6, 6.07) is 10.7. The van der Waals surface area contributed by atoms with Crippen molar-refractivity contribution in [3.05, 3.63) is 59.4 Å². The van der Waals surface area contributed by atoms with Crippen LogP contribution in [0.5, 0.6) is 0 Å². The van der Waals surface area contributed by atoms with Crippen LogP contribution in [0.15, 0.2) is 42.7 Å². The first kappa shape index (κ1) is 17.5. The monoisotopic (exact) mass is 337 g/mol. The fraction of sp³-hybridized carbons (Fsp3) is 0.429. The van der Waals surface area contributed by atoms with Crippen LogP contribution in [0, 0.1) is 6.92 Å². The first-order chi connectivity index (χ1) is 12.2. The Morgan fingerprint density at radius 2 is 2.16 bits per heavy atom. The molecule has 0 saturated carbocycles. The Morgan fingerprint density at radius 1 is 1.28 bits per heavy atom. The molecule has 1 aromatic heterocycles. The molecule has 1 aromatic carbocycles. The fourth-order valence-corrected chi connectivity index (χ4v) is 3.54. The normalized spacial score (nSPS) is 17.4. The van der Waals surface area contributed by atoms with Gasteiger partial charge in [-0.05, 0) is 44.2 Å². The van der Waals surface area contributed by atoms with E-state index in [1.54, 1.807) is 12.4 Å². The molecule has 1 atom stereocenters. The van der Waals surface area contributed by atoms with Gasteiger partial charge in [0.15, 0.2) is 0 Å². The summed E-state index contributed by atoms with van der Waals surface area (Å²) in [6.07, 6.45) is 7.91. The summed E-state index contributed by atoms with van der Waals surface area (Å²) in [7, 11) is 0. The second-order valence-corrected chi connectivity index (χ2v) is 6.86. The number of hydrogen-bond donors (Lipinski definition) is 1. The second-order valence-electron chi connectivity index (χ2n) is 6.86. The summed E-state index contributed by atoms with van der Waals surface area (Å²) < 4.78 is 0. The van der Waals surface area contributed by atoms with Crippen molar-refractivity contribution >= 4 is 11.6 Å². The molecule has 0 spiro atoms. The minimum Gasteiger partial charge on any atom is -0.380 e. The predicted molar refractivity (Wildman–Crippen MR) is 102 cm³/mol. The molecule has 1 amide bonds. The summed E-state index contributed by atoms with van der Waals surface area (Å²) in [5.41, 5.74) is 4.03. The molecule has 1 N–H and O–H groups in total. The summed E-state index contributed by atoms with van der Waals surface area (Å²) >= 11 is 0. The quantitative estimate of drug-likeness (QED) is 0.879. The lowest BCUT2D eigenvalue weighted by Crippen LogP contribution is -2.43. The van der Waals surface area contributed by atoms with E-state index in [0.717, 1.165) is 38.0 Å². The number of nitrogens with one attached hydrogen (secondary N) is 1. The predicted octanol–water partition coefficient (Wildman–Crippen LogP) is 4.41. The van der Waals surface area contributed by atoms with Crippen molar-refractivity contribution in [3.8, 4) is 0 Å². The topological polar surface area (TPSA) is 45.2 Å². The van der Waals surface area contributed by atoms with Crippen molar-refractivity contribution in [2.45, 2.75) is 52.1 Å². The minimum atomic E-state index is 0.109. The van der Waals surface area contributed by atoms with Crippen molar-refractivity contribution in [2.24, 2.45) is 0 Å². The number of anilines is 1. The largest absolute Gasteiger partial charge is 0.380 e. The average molecular weight is 337 g/mol. The third-order valence-corrected chi connectivity index (χ3v) is 4.92. The van der Waals surface area contributed by atoms with E-state index in [4.69, 9.17) is 0 Å². The Kier molecular flexibility index (Phi) is 5.69. The third kappa shape index (κ3) is 4.38. The molecule has 0 bridgehead atoms. The molecule has 2 aromatic rings. The zero-order chi connectivity index (χ0) is 17.6. The molecule has 1 fully saturated rings. The molecular formula is C21H27N3O. The number of hydrogen-bond acceptors (Lipinski definition) is 3. The number of aromatic nitrogens is 1. The molecule has 1 unspecified atom stereocenters. The van der Waals surface area contributed by atoms with Crippen LogP contribution in [-0.4, -0.2) is 28.4 Å². The SMILES string of the molecule is CCC1CCCCN1C(=O)c1cncc(NCc2cccc(C)c2)c1. The van der Waals surface area contributed by atoms with E-state index in [2.05, 4.69) is 48.4 Å². The van der Waals surface area contributed by atoms with Gasteiger partial charge in [-0.25, -0.2) is 0 Å². The molecule has 132 valence electrons. The molecule has 0 radical (unpaired) electrons. The van der Waals surface area contributed by atoms with E-state index in [9.17, 15) is 4.79 Å². The average Bonchev–Trinajstić information content (AvgIpc) is 2.66. The van der Waals surface area contributed by atoms with E-state index in [0.29, 0.717) is 11.6 Å². The lowest BCUT2D eigenvalue weighted by Gasteiger charge is -2.35. The van der Waals surface area contributed by atoms with Crippen molar-refractivity contribution in [1.29, 1.82) is 0 Å². The van der Waals surface area contributed by atoms with Gasteiger partial charge in [-0.15, -0.1) is 0 Å². The molecule has 3 rings (SSSR count). The molecule has 1 aliphatic heterocycles. The minimum absolute atomic E-state index is 0.109. The molecule has 25 heavy (non-hydrogen) atoms. The highest BCUT2D eigenvalue weighted by Gasteiger charge is 2.26. The van der Waals surface area contributed by atoms with Gasteiger partial charge in [-0.2, -0.15) is 0 Å². The number of carbonyl (C=O) groups excluding carboxylic acids is 1. The van der Waals surface area contributed by atoms with Crippen LogP contribution in [0.1, 0.15) is 54.1 Å². The Hall–Kier alpha value is -2.36. The van der Waals surface area contributed by atoms with Gasteiger partial charge >= 0.3 is 0 Å². The van der Waals surface area contributed by atoms with Crippen LogP contribution < -0.4 is 5.32 Å². The van der Waals surface area contributed by atoms with Gasteiger partial charge in [-0.1, -0.05) is 36.8 Å². The van der Waals surface area contributed by atoms with Gasteiger partial charge in [0, 0.05) is 31.5 Å². The number of benzene rings is 1. The zero-order valence-electron chi connectivity index (χ0n) is 15.2. The second kappa shape index (κ2) is 8.15. The third-order valence-electron chi connectivity index (χ3n) is 4.92. The van der Waals surface area contributed by atoms with Crippen LogP contribution in [0.4, 0.5) is 5.69 Å². The van der Waals surface area contributed by atoms with Gasteiger partial charge in [0.2, 0.25) is 0 Å². The number of likely N-dealkylation sites (tertiary alicyclic amines) is 1. The maximum atomic E-state index is 12.9. The van der Waals surface area contributed by atoms with Gasteiger partial charge in [-0.3, -0.25) is 9.78 Å². The maximum absolute atomic E-state index is 12.9. The number of piperidine rings is 1. The molecule has 4 heteroatoms. The molecular weight excluding hydrogens is 310 g/mol. The Balaban J connectivity index is 1.69. The van der Waals surface area contributed by atoms with Crippen LogP contribution in [0.3, 0.4) is 0 Å². The van der Waals surface area contributed by atoms with Crippen LogP contribution in [0.2, 0.25) is 0 Å². The number of nitrogens with zero attached hydrogens (tertiary/aromatic N) is 2. The lowest BCUT2D eigenvalue weighted by molar-refractivity contribution is 0.0607. The Bertz CT molecular complexity index is 729. The summed E-state index contributed by atoms with van der Waals surface area (Å²) in [5.74, 6) is 0.109. The Morgan fingerprint density at radius 3 is 2.96 bits per heavy atom. The number of aryl methyl sites for hydroxylation is 1. The van der Waals surface area contributed by atoms with E-state index in [1.165, 1.54) is 17.5 Å². The molecule has 0 aliphatic carbocycles. The number of carbonyl (C=O) groups is 1. The maximum Gasteiger partial charge on any atom is 0.255 e. The van der Waals surface area contributed by atoms with E-state index < -0.39 is 0 Å². The van der Waals surface area contributed by atoms with Gasteiger partial charge in [0.1, 0.15) is 0 Å². The number of amides is 1. The van der Waals surface area contributed by atoms with Gasteiger partial charge < -0.3 is 10.2 Å². The molecule has 2 heterocycles. The van der Waals surface area contributed by atoms with Crippen LogP contribution >= 0.6 is 0 Å². The van der Waals surface area contributed by atoms with E-state index >= 15 is 0 Å². The highest BCUT2D eigenvalue weighted by molar-refractivity contribution is 5.95. The lowest BCUT2D eigenvalue weighted by atomic mass is 9.99. The Labute approximate surface area is 150 Å². The summed E-state index contributed by atoms with van der Waals surface area (Å²) in [6.45, 7) is 5.84. The van der Waals surface area contributed by atoms with Crippen molar-refractivity contribution in [3.63, 3.8) is 0 Å². The summed E-state index contributed by atoms with van der Waals surface area (Å²) in [5, 5.41) is 3.38. The molecule has 4 nitrogen and oxygen atoms in total. The molecule has 1 aliphatic rings. The smallest absolute Gasteiger partial charge is 0.255 e. The van der Waals surface area contributed by atoms with E-state index in [1.807, 2.05) is 11.0 Å². The van der Waals surface area contributed by atoms with Crippen molar-refractivity contribution in [2.75, 3.05) is 11.9 Å². The number of rotatable bonds is 5. The van der Waals surface area contributed by atoms with Gasteiger partial charge in [0.25, 0.3) is 5.91 Å².